The third-order valence-corrected chi connectivity index (χ3v) is 9.93. The summed E-state index contributed by atoms with van der Waals surface area (Å²) in [7, 11) is -3.79. The van der Waals surface area contributed by atoms with Gasteiger partial charge >= 0.3 is 0 Å². The van der Waals surface area contributed by atoms with E-state index in [9.17, 15) is 17.6 Å². The molecule has 1 aromatic carbocycles. The van der Waals surface area contributed by atoms with Crippen LogP contribution in [0.15, 0.2) is 18.2 Å². The first kappa shape index (κ1) is 24.1. The fourth-order valence-electron chi connectivity index (χ4n) is 6.06. The molecule has 6 nitrogen and oxygen atoms in total. The maximum atomic E-state index is 14.8. The molecule has 0 aromatic heterocycles. The third kappa shape index (κ3) is 4.13. The normalized spacial score (nSPS) is 31.2. The summed E-state index contributed by atoms with van der Waals surface area (Å²) in [4.78, 5) is 14.8. The predicted octanol–water partition coefficient (Wildman–Crippen LogP) is 3.56. The van der Waals surface area contributed by atoms with Crippen molar-refractivity contribution in [1.82, 2.24) is 9.62 Å². The van der Waals surface area contributed by atoms with Gasteiger partial charge in [-0.1, -0.05) is 31.5 Å². The van der Waals surface area contributed by atoms with Gasteiger partial charge in [-0.25, -0.2) is 17.5 Å². The van der Waals surface area contributed by atoms with Crippen molar-refractivity contribution in [2.24, 2.45) is 16.7 Å². The quantitative estimate of drug-likeness (QED) is 0.637. The molecule has 1 aliphatic heterocycles. The number of Topliss-reactive ketones (excluding diaryl/α,β-unsaturated/α-hetero) is 1. The summed E-state index contributed by atoms with van der Waals surface area (Å²) in [5.74, 6) is -0.394. The van der Waals surface area contributed by atoms with Gasteiger partial charge in [-0.05, 0) is 43.2 Å². The topological polar surface area (TPSA) is 75.7 Å². The Morgan fingerprint density at radius 3 is 2.72 bits per heavy atom. The molecule has 32 heavy (non-hydrogen) atoms. The number of sulfonamides is 1. The maximum Gasteiger partial charge on any atom is 0.212 e. The Morgan fingerprint density at radius 2 is 2.12 bits per heavy atom. The molecule has 1 N–H and O–H groups in total. The van der Waals surface area contributed by atoms with Crippen LogP contribution in [0.5, 0.6) is 0 Å². The standard InChI is InChI=1S/C23H32ClFN2O4S/c1-15-13-27(9-10-31-15)19(21-17(24)5-4-6-18(21)25)12-26-32(29,30)14-23-8-7-16(11-20(23)28)22(23,2)3/h4-6,15-16,19,26H,7-14H2,1-3H3. The lowest BCUT2D eigenvalue weighted by molar-refractivity contribution is -0.128. The van der Waals surface area contributed by atoms with Crippen LogP contribution < -0.4 is 4.72 Å². The van der Waals surface area contributed by atoms with E-state index in [0.717, 1.165) is 6.42 Å². The van der Waals surface area contributed by atoms with Crippen LogP contribution in [-0.4, -0.2) is 57.2 Å². The molecule has 3 aliphatic rings. The molecular formula is C23H32ClFN2O4S. The number of nitrogens with zero attached hydrogens (tertiary/aromatic N) is 1. The van der Waals surface area contributed by atoms with Gasteiger partial charge < -0.3 is 4.74 Å². The smallest absolute Gasteiger partial charge is 0.212 e. The average Bonchev–Trinajstić information content (AvgIpc) is 3.04. The molecule has 2 saturated carbocycles. The Bertz CT molecular complexity index is 981. The van der Waals surface area contributed by atoms with E-state index < -0.39 is 27.3 Å². The van der Waals surface area contributed by atoms with E-state index in [1.165, 1.54) is 12.1 Å². The summed E-state index contributed by atoms with van der Waals surface area (Å²) in [6.07, 6.45) is 1.89. The van der Waals surface area contributed by atoms with E-state index in [1.807, 2.05) is 25.7 Å². The van der Waals surface area contributed by atoms with E-state index in [4.69, 9.17) is 16.3 Å². The second kappa shape index (κ2) is 8.62. The van der Waals surface area contributed by atoms with Crippen LogP contribution in [0.1, 0.15) is 51.6 Å². The van der Waals surface area contributed by atoms with Gasteiger partial charge in [0.1, 0.15) is 11.6 Å². The highest BCUT2D eigenvalue weighted by atomic mass is 35.5. The zero-order valence-electron chi connectivity index (χ0n) is 18.9. The van der Waals surface area contributed by atoms with Gasteiger partial charge in [0, 0.05) is 42.1 Å². The molecule has 4 unspecified atom stereocenters. The van der Waals surface area contributed by atoms with E-state index in [1.54, 1.807) is 6.07 Å². The molecule has 1 saturated heterocycles. The largest absolute Gasteiger partial charge is 0.376 e. The van der Waals surface area contributed by atoms with E-state index >= 15 is 0 Å². The van der Waals surface area contributed by atoms with Crippen molar-refractivity contribution in [3.05, 3.63) is 34.6 Å². The average molecular weight is 487 g/mol. The third-order valence-electron chi connectivity index (χ3n) is 8.12. The van der Waals surface area contributed by atoms with Gasteiger partial charge in [-0.15, -0.1) is 0 Å². The fraction of sp³-hybridized carbons (Fsp3) is 0.696. The molecule has 0 radical (unpaired) electrons. The summed E-state index contributed by atoms with van der Waals surface area (Å²) in [6, 6.07) is 3.91. The van der Waals surface area contributed by atoms with Crippen molar-refractivity contribution in [1.29, 1.82) is 0 Å². The molecule has 9 heteroatoms. The second-order valence-corrected chi connectivity index (χ2v) is 12.3. The van der Waals surface area contributed by atoms with E-state index in [2.05, 4.69) is 4.72 Å². The van der Waals surface area contributed by atoms with Crippen molar-refractivity contribution < 1.29 is 22.3 Å². The van der Waals surface area contributed by atoms with E-state index in [0.29, 0.717) is 32.5 Å². The molecule has 4 atom stereocenters. The minimum atomic E-state index is -3.79. The summed E-state index contributed by atoms with van der Waals surface area (Å²) in [5.41, 5.74) is -0.906. The van der Waals surface area contributed by atoms with Crippen LogP contribution in [0.4, 0.5) is 4.39 Å². The van der Waals surface area contributed by atoms with Crippen LogP contribution in [0.25, 0.3) is 0 Å². The van der Waals surface area contributed by atoms with Gasteiger partial charge in [-0.3, -0.25) is 9.69 Å². The van der Waals surface area contributed by atoms with Crippen LogP contribution in [0.2, 0.25) is 5.02 Å². The zero-order valence-corrected chi connectivity index (χ0v) is 20.4. The van der Waals surface area contributed by atoms with Gasteiger partial charge in [-0.2, -0.15) is 0 Å². The van der Waals surface area contributed by atoms with Gasteiger partial charge in [0.2, 0.25) is 10.0 Å². The fourth-order valence-corrected chi connectivity index (χ4v) is 8.19. The predicted molar refractivity (Wildman–Crippen MR) is 121 cm³/mol. The number of hydrogen-bond donors (Lipinski definition) is 1. The Labute approximate surface area is 194 Å². The lowest BCUT2D eigenvalue weighted by atomic mass is 9.70. The van der Waals surface area contributed by atoms with E-state index in [-0.39, 0.29) is 46.1 Å². The number of ether oxygens (including phenoxy) is 1. The highest BCUT2D eigenvalue weighted by molar-refractivity contribution is 7.89. The van der Waals surface area contributed by atoms with Crippen molar-refractivity contribution in [2.75, 3.05) is 32.0 Å². The number of ketones is 1. The molecule has 0 spiro atoms. The Hall–Kier alpha value is -1.06. The first-order chi connectivity index (χ1) is 15.0. The number of halogens is 2. The van der Waals surface area contributed by atoms with Crippen molar-refractivity contribution in [2.45, 2.75) is 52.2 Å². The molecule has 1 heterocycles. The molecule has 1 aromatic rings. The summed E-state index contributed by atoms with van der Waals surface area (Å²) >= 11 is 6.35. The number of morpholine rings is 1. The molecule has 3 fully saturated rings. The van der Waals surface area contributed by atoms with Crippen molar-refractivity contribution >= 4 is 27.4 Å². The molecule has 2 bridgehead atoms. The first-order valence-electron chi connectivity index (χ1n) is 11.3. The lowest BCUT2D eigenvalue weighted by Gasteiger charge is -2.39. The number of hydrogen-bond acceptors (Lipinski definition) is 5. The van der Waals surface area contributed by atoms with Crippen molar-refractivity contribution in [3.8, 4) is 0 Å². The van der Waals surface area contributed by atoms with Crippen molar-refractivity contribution in [3.63, 3.8) is 0 Å². The monoisotopic (exact) mass is 486 g/mol. The number of fused-ring (bicyclic) bond motifs is 2. The highest BCUT2D eigenvalue weighted by Gasteiger charge is 2.65. The van der Waals surface area contributed by atoms with Gasteiger partial charge in [0.15, 0.2) is 0 Å². The Kier molecular flexibility index (Phi) is 6.48. The second-order valence-electron chi connectivity index (χ2n) is 10.1. The Morgan fingerprint density at radius 1 is 1.38 bits per heavy atom. The van der Waals surface area contributed by atoms with Crippen LogP contribution in [-0.2, 0) is 19.6 Å². The zero-order chi connectivity index (χ0) is 23.3. The number of rotatable bonds is 7. The lowest BCUT2D eigenvalue weighted by Crippen LogP contribution is -2.49. The van der Waals surface area contributed by atoms with Crippen LogP contribution in [0.3, 0.4) is 0 Å². The molecule has 178 valence electrons. The number of benzene rings is 1. The number of carbonyl (C=O) groups excluding carboxylic acids is 1. The summed E-state index contributed by atoms with van der Waals surface area (Å²) in [5, 5.41) is 0.262. The first-order valence-corrected chi connectivity index (χ1v) is 13.3. The molecular weight excluding hydrogens is 455 g/mol. The van der Waals surface area contributed by atoms with Crippen LogP contribution in [0, 0.1) is 22.6 Å². The van der Waals surface area contributed by atoms with Gasteiger partial charge in [0.25, 0.3) is 0 Å². The number of nitrogens with one attached hydrogen (secondary N) is 1. The SMILES string of the molecule is CC1CN(C(CNS(=O)(=O)CC23CCC(CC2=O)C3(C)C)c2c(F)cccc2Cl)CCO1. The molecule has 2 aliphatic carbocycles. The van der Waals surface area contributed by atoms with Gasteiger partial charge in [0.05, 0.1) is 24.5 Å². The molecule has 4 rings (SSSR count). The Balaban J connectivity index is 1.57. The number of carbonyl (C=O) groups is 1. The minimum Gasteiger partial charge on any atom is -0.376 e. The molecule has 0 amide bonds. The summed E-state index contributed by atoms with van der Waals surface area (Å²) < 4.78 is 49.6. The highest BCUT2D eigenvalue weighted by Crippen LogP contribution is 2.64. The maximum absolute atomic E-state index is 14.8. The van der Waals surface area contributed by atoms with Crippen LogP contribution >= 0.6 is 11.6 Å². The minimum absolute atomic E-state index is 0.0240. The summed E-state index contributed by atoms with van der Waals surface area (Å²) in [6.45, 7) is 7.49.